The highest BCUT2D eigenvalue weighted by molar-refractivity contribution is 7.91. The molecule has 1 N–H and O–H groups in total. The van der Waals surface area contributed by atoms with Crippen molar-refractivity contribution >= 4 is 21.8 Å². The Hall–Kier alpha value is -2.29. The number of rotatable bonds is 5. The average Bonchev–Trinajstić information content (AvgIpc) is 2.71. The summed E-state index contributed by atoms with van der Waals surface area (Å²) in [5, 5.41) is 2.85. The van der Waals surface area contributed by atoms with Crippen LogP contribution in [-0.4, -0.2) is 80.5 Å². The first-order valence-corrected chi connectivity index (χ1v) is 11.5. The van der Waals surface area contributed by atoms with Crippen molar-refractivity contribution in [3.05, 3.63) is 30.3 Å². The van der Waals surface area contributed by atoms with Crippen LogP contribution in [0, 0.1) is 0 Å². The summed E-state index contributed by atoms with van der Waals surface area (Å²) in [6.45, 7) is 1.60. The Balaban J connectivity index is 1.50. The molecule has 0 bridgehead atoms. The fourth-order valence-electron chi connectivity index (χ4n) is 3.50. The second-order valence-corrected chi connectivity index (χ2v) is 9.38. The van der Waals surface area contributed by atoms with E-state index >= 15 is 0 Å². The summed E-state index contributed by atoms with van der Waals surface area (Å²) in [4.78, 5) is 28.6. The number of amides is 3. The van der Waals surface area contributed by atoms with Crippen LogP contribution in [0.2, 0.25) is 0 Å². The van der Waals surface area contributed by atoms with Crippen molar-refractivity contribution in [1.29, 1.82) is 0 Å². The SMILES string of the molecule is O=C(NCCOc1ccccc1)C1CCCCN1C(=O)N1CCS(=O)(=O)CC1. The number of carbonyl (C=O) groups is 2. The van der Waals surface area contributed by atoms with Crippen LogP contribution < -0.4 is 10.1 Å². The largest absolute Gasteiger partial charge is 0.492 e. The van der Waals surface area contributed by atoms with Gasteiger partial charge in [-0.1, -0.05) is 18.2 Å². The van der Waals surface area contributed by atoms with E-state index in [0.717, 1.165) is 18.6 Å². The summed E-state index contributed by atoms with van der Waals surface area (Å²) < 4.78 is 28.8. The van der Waals surface area contributed by atoms with Crippen LogP contribution in [0.25, 0.3) is 0 Å². The molecule has 1 unspecified atom stereocenters. The minimum atomic E-state index is -3.05. The van der Waals surface area contributed by atoms with E-state index in [1.165, 1.54) is 0 Å². The van der Waals surface area contributed by atoms with Crippen LogP contribution in [0.3, 0.4) is 0 Å². The minimum absolute atomic E-state index is 0.0136. The van der Waals surface area contributed by atoms with Gasteiger partial charge in [0, 0.05) is 19.6 Å². The molecule has 2 saturated heterocycles. The van der Waals surface area contributed by atoms with E-state index in [-0.39, 0.29) is 36.5 Å². The lowest BCUT2D eigenvalue weighted by Gasteiger charge is -2.39. The van der Waals surface area contributed by atoms with Crippen molar-refractivity contribution in [2.24, 2.45) is 0 Å². The molecule has 1 atom stereocenters. The molecule has 0 aliphatic carbocycles. The maximum Gasteiger partial charge on any atom is 0.320 e. The highest BCUT2D eigenvalue weighted by Gasteiger charge is 2.36. The van der Waals surface area contributed by atoms with Crippen molar-refractivity contribution in [3.63, 3.8) is 0 Å². The van der Waals surface area contributed by atoms with E-state index in [1.807, 2.05) is 30.3 Å². The number of carbonyl (C=O) groups excluding carboxylic acids is 2. The topological polar surface area (TPSA) is 96.0 Å². The first kappa shape index (κ1) is 20.4. The molecule has 2 fully saturated rings. The maximum atomic E-state index is 12.8. The zero-order valence-electron chi connectivity index (χ0n) is 15.9. The van der Waals surface area contributed by atoms with Gasteiger partial charge < -0.3 is 19.9 Å². The molecule has 8 nitrogen and oxygen atoms in total. The number of likely N-dealkylation sites (tertiary alicyclic amines) is 1. The summed E-state index contributed by atoms with van der Waals surface area (Å²) in [6, 6.07) is 8.61. The Kier molecular flexibility index (Phi) is 6.77. The highest BCUT2D eigenvalue weighted by Crippen LogP contribution is 2.20. The number of para-hydroxylation sites is 1. The van der Waals surface area contributed by atoms with Gasteiger partial charge in [0.2, 0.25) is 5.91 Å². The van der Waals surface area contributed by atoms with Gasteiger partial charge in [0.15, 0.2) is 9.84 Å². The molecular formula is C19H27N3O5S. The third-order valence-corrected chi connectivity index (χ3v) is 6.69. The molecule has 1 aromatic carbocycles. The zero-order valence-corrected chi connectivity index (χ0v) is 16.7. The van der Waals surface area contributed by atoms with E-state index in [9.17, 15) is 18.0 Å². The van der Waals surface area contributed by atoms with Gasteiger partial charge >= 0.3 is 6.03 Å². The van der Waals surface area contributed by atoms with Crippen molar-refractivity contribution in [2.45, 2.75) is 25.3 Å². The first-order valence-electron chi connectivity index (χ1n) is 9.68. The predicted molar refractivity (Wildman–Crippen MR) is 105 cm³/mol. The predicted octanol–water partition coefficient (Wildman–Crippen LogP) is 0.886. The summed E-state index contributed by atoms with van der Waals surface area (Å²) >= 11 is 0. The minimum Gasteiger partial charge on any atom is -0.492 e. The van der Waals surface area contributed by atoms with Gasteiger partial charge in [-0.25, -0.2) is 13.2 Å². The van der Waals surface area contributed by atoms with Crippen LogP contribution in [0.5, 0.6) is 5.75 Å². The normalized spacial score (nSPS) is 21.8. The van der Waals surface area contributed by atoms with Crippen LogP contribution in [0.4, 0.5) is 4.79 Å². The standard InChI is InChI=1S/C19H27N3O5S/c23-18(20-9-13-27-16-6-2-1-3-7-16)17-8-4-5-10-22(17)19(24)21-11-14-28(25,26)15-12-21/h1-3,6-7,17H,4-5,8-15H2,(H,20,23). The van der Waals surface area contributed by atoms with E-state index in [4.69, 9.17) is 4.74 Å². The summed E-state index contributed by atoms with van der Waals surface area (Å²) in [5.74, 6) is 0.529. The number of piperidine rings is 1. The van der Waals surface area contributed by atoms with Gasteiger partial charge in [-0.3, -0.25) is 4.79 Å². The van der Waals surface area contributed by atoms with E-state index in [2.05, 4.69) is 5.32 Å². The molecule has 0 aromatic heterocycles. The third kappa shape index (κ3) is 5.37. The summed E-state index contributed by atoms with van der Waals surface area (Å²) in [6.07, 6.45) is 2.35. The quantitative estimate of drug-likeness (QED) is 0.729. The number of nitrogens with one attached hydrogen (secondary N) is 1. The van der Waals surface area contributed by atoms with Crippen LogP contribution in [0.15, 0.2) is 30.3 Å². The van der Waals surface area contributed by atoms with Gasteiger partial charge in [0.25, 0.3) is 0 Å². The van der Waals surface area contributed by atoms with Crippen molar-refractivity contribution < 1.29 is 22.7 Å². The monoisotopic (exact) mass is 409 g/mol. The second-order valence-electron chi connectivity index (χ2n) is 7.08. The molecule has 0 radical (unpaired) electrons. The number of benzene rings is 1. The molecule has 2 aliphatic rings. The first-order chi connectivity index (χ1) is 13.5. The number of hydrogen-bond donors (Lipinski definition) is 1. The fraction of sp³-hybridized carbons (Fsp3) is 0.579. The van der Waals surface area contributed by atoms with Gasteiger partial charge in [0.1, 0.15) is 18.4 Å². The van der Waals surface area contributed by atoms with E-state index in [0.29, 0.717) is 26.1 Å². The van der Waals surface area contributed by atoms with Crippen LogP contribution in [-0.2, 0) is 14.6 Å². The maximum absolute atomic E-state index is 12.8. The lowest BCUT2D eigenvalue weighted by atomic mass is 10.0. The lowest BCUT2D eigenvalue weighted by Crippen LogP contribution is -2.58. The number of urea groups is 1. The Morgan fingerprint density at radius 3 is 2.50 bits per heavy atom. The Bertz CT molecular complexity index is 770. The smallest absolute Gasteiger partial charge is 0.320 e. The summed E-state index contributed by atoms with van der Waals surface area (Å²) in [7, 11) is -3.05. The second kappa shape index (κ2) is 9.27. The van der Waals surface area contributed by atoms with Crippen LogP contribution in [0.1, 0.15) is 19.3 Å². The van der Waals surface area contributed by atoms with Crippen molar-refractivity contribution in [2.75, 3.05) is 44.3 Å². The Labute approximate surface area is 165 Å². The van der Waals surface area contributed by atoms with Crippen molar-refractivity contribution in [1.82, 2.24) is 15.1 Å². The number of hydrogen-bond acceptors (Lipinski definition) is 5. The van der Waals surface area contributed by atoms with Gasteiger partial charge in [-0.05, 0) is 31.4 Å². The zero-order chi connectivity index (χ0) is 20.0. The molecule has 28 heavy (non-hydrogen) atoms. The molecule has 3 rings (SSSR count). The molecule has 154 valence electrons. The number of nitrogens with zero attached hydrogens (tertiary/aromatic N) is 2. The third-order valence-electron chi connectivity index (χ3n) is 5.08. The fourth-order valence-corrected chi connectivity index (χ4v) is 4.70. The lowest BCUT2D eigenvalue weighted by molar-refractivity contribution is -0.126. The van der Waals surface area contributed by atoms with E-state index in [1.54, 1.807) is 9.80 Å². The number of sulfone groups is 1. The summed E-state index contributed by atoms with van der Waals surface area (Å²) in [5.41, 5.74) is 0. The Morgan fingerprint density at radius 1 is 1.07 bits per heavy atom. The molecule has 3 amide bonds. The van der Waals surface area contributed by atoms with Gasteiger partial charge in [-0.15, -0.1) is 0 Å². The van der Waals surface area contributed by atoms with Gasteiger partial charge in [-0.2, -0.15) is 0 Å². The van der Waals surface area contributed by atoms with Crippen molar-refractivity contribution in [3.8, 4) is 5.75 Å². The molecule has 1 aromatic rings. The highest BCUT2D eigenvalue weighted by atomic mass is 32.2. The molecule has 2 heterocycles. The van der Waals surface area contributed by atoms with Gasteiger partial charge in [0.05, 0.1) is 18.1 Å². The number of ether oxygens (including phenoxy) is 1. The average molecular weight is 410 g/mol. The molecule has 0 saturated carbocycles. The molecule has 0 spiro atoms. The van der Waals surface area contributed by atoms with Crippen LogP contribution >= 0.6 is 0 Å². The van der Waals surface area contributed by atoms with E-state index < -0.39 is 15.9 Å². The molecule has 2 aliphatic heterocycles. The molecular weight excluding hydrogens is 382 g/mol. The Morgan fingerprint density at radius 2 is 1.79 bits per heavy atom. The molecule has 9 heteroatoms.